The molecule has 0 amide bonds. The minimum absolute atomic E-state index is 0.619. The molecule has 5 rings (SSSR count). The molecule has 2 aliphatic rings. The molecule has 9 heteroatoms. The van der Waals surface area contributed by atoms with Gasteiger partial charge in [-0.05, 0) is 25.1 Å². The smallest absolute Gasteiger partial charge is 0.225 e. The summed E-state index contributed by atoms with van der Waals surface area (Å²) in [5, 5.41) is 9.86. The number of aromatic nitrogens is 4. The molecule has 3 aromatic heterocycles. The van der Waals surface area contributed by atoms with Crippen LogP contribution in [0.2, 0.25) is 0 Å². The van der Waals surface area contributed by atoms with E-state index >= 15 is 0 Å². The Labute approximate surface area is 174 Å². The van der Waals surface area contributed by atoms with Crippen molar-refractivity contribution in [3.63, 3.8) is 0 Å². The molecule has 0 radical (unpaired) electrons. The molecule has 0 atom stereocenters. The van der Waals surface area contributed by atoms with Crippen molar-refractivity contribution in [3.05, 3.63) is 40.7 Å². The van der Waals surface area contributed by atoms with Crippen LogP contribution in [0, 0.1) is 5.41 Å². The second kappa shape index (κ2) is 7.81. The molecule has 0 unspecified atom stereocenters. The van der Waals surface area contributed by atoms with Gasteiger partial charge in [-0.3, -0.25) is 10.3 Å². The van der Waals surface area contributed by atoms with E-state index in [1.54, 1.807) is 23.7 Å². The van der Waals surface area contributed by atoms with Crippen molar-refractivity contribution in [3.8, 4) is 0 Å². The summed E-state index contributed by atoms with van der Waals surface area (Å²) in [5.41, 5.74) is 1.97. The van der Waals surface area contributed by atoms with Gasteiger partial charge in [-0.15, -0.1) is 11.3 Å². The number of likely N-dealkylation sites (N-methyl/N-ethyl adjacent to an activating group) is 1. The maximum absolute atomic E-state index is 8.78. The number of thiophene rings is 1. The zero-order valence-electron chi connectivity index (χ0n) is 16.7. The lowest BCUT2D eigenvalue weighted by atomic mass is 10.1. The molecule has 1 saturated heterocycles. The highest BCUT2D eigenvalue weighted by molar-refractivity contribution is 7.18. The average molecular weight is 411 g/mol. The van der Waals surface area contributed by atoms with Gasteiger partial charge < -0.3 is 14.4 Å². The van der Waals surface area contributed by atoms with Crippen LogP contribution in [0.4, 0.5) is 5.95 Å². The molecule has 5 heterocycles. The van der Waals surface area contributed by atoms with Crippen LogP contribution in [0.3, 0.4) is 0 Å². The lowest BCUT2D eigenvalue weighted by Crippen LogP contribution is -2.48. The summed E-state index contributed by atoms with van der Waals surface area (Å²) in [6.45, 7) is 7.62. The van der Waals surface area contributed by atoms with E-state index in [0.717, 1.165) is 74.9 Å². The number of nitrogens with one attached hydrogen (secondary N) is 1. The summed E-state index contributed by atoms with van der Waals surface area (Å²) >= 11 is 1.76. The molecule has 152 valence electrons. The van der Waals surface area contributed by atoms with Gasteiger partial charge in [0.1, 0.15) is 10.3 Å². The quantitative estimate of drug-likeness (QED) is 0.696. The van der Waals surface area contributed by atoms with Gasteiger partial charge in [0, 0.05) is 69.6 Å². The van der Waals surface area contributed by atoms with E-state index < -0.39 is 0 Å². The van der Waals surface area contributed by atoms with E-state index in [4.69, 9.17) is 5.41 Å². The number of fused-ring (bicyclic) bond motifs is 3. The van der Waals surface area contributed by atoms with Gasteiger partial charge in [0.2, 0.25) is 5.95 Å². The minimum atomic E-state index is 0.619. The van der Waals surface area contributed by atoms with E-state index in [1.807, 2.05) is 17.0 Å². The van der Waals surface area contributed by atoms with Crippen LogP contribution in [-0.4, -0.2) is 75.6 Å². The SMILES string of the molecule is CN1CCc2c(sc3ncn(CCN4CCN(c5ncccn5)CC4)c(=N)c23)C1. The maximum Gasteiger partial charge on any atom is 0.225 e. The molecule has 0 spiro atoms. The van der Waals surface area contributed by atoms with Crippen molar-refractivity contribution >= 4 is 27.5 Å². The van der Waals surface area contributed by atoms with Crippen LogP contribution in [0.15, 0.2) is 24.8 Å². The predicted molar refractivity (Wildman–Crippen MR) is 114 cm³/mol. The minimum Gasteiger partial charge on any atom is -0.338 e. The fourth-order valence-electron chi connectivity index (χ4n) is 4.22. The highest BCUT2D eigenvalue weighted by Crippen LogP contribution is 2.31. The lowest BCUT2D eigenvalue weighted by Gasteiger charge is -2.34. The maximum atomic E-state index is 8.78. The average Bonchev–Trinajstić information content (AvgIpc) is 3.12. The van der Waals surface area contributed by atoms with Gasteiger partial charge in [0.05, 0.1) is 11.7 Å². The Kier molecular flexibility index (Phi) is 5.03. The van der Waals surface area contributed by atoms with E-state index in [1.165, 1.54) is 10.4 Å². The summed E-state index contributed by atoms with van der Waals surface area (Å²) in [7, 11) is 2.16. The molecular formula is C20H26N8S. The molecule has 0 aromatic carbocycles. The van der Waals surface area contributed by atoms with Crippen LogP contribution in [-0.2, 0) is 19.5 Å². The van der Waals surface area contributed by atoms with Crippen molar-refractivity contribution in [2.75, 3.05) is 51.2 Å². The van der Waals surface area contributed by atoms with Gasteiger partial charge >= 0.3 is 0 Å². The highest BCUT2D eigenvalue weighted by atomic mass is 32.1. The summed E-state index contributed by atoms with van der Waals surface area (Å²) < 4.78 is 2.01. The first-order chi connectivity index (χ1) is 14.2. The molecule has 1 fully saturated rings. The van der Waals surface area contributed by atoms with Gasteiger partial charge in [-0.25, -0.2) is 15.0 Å². The molecule has 3 aromatic rings. The van der Waals surface area contributed by atoms with E-state index in [2.05, 4.69) is 36.7 Å². The number of hydrogen-bond acceptors (Lipinski definition) is 8. The van der Waals surface area contributed by atoms with Crippen molar-refractivity contribution in [1.29, 1.82) is 5.41 Å². The van der Waals surface area contributed by atoms with E-state index in [-0.39, 0.29) is 0 Å². The van der Waals surface area contributed by atoms with Crippen molar-refractivity contribution < 1.29 is 0 Å². The van der Waals surface area contributed by atoms with Crippen LogP contribution in [0.25, 0.3) is 10.2 Å². The number of piperazine rings is 1. The summed E-state index contributed by atoms with van der Waals surface area (Å²) in [6, 6.07) is 1.85. The Morgan fingerprint density at radius 3 is 2.62 bits per heavy atom. The third-order valence-electron chi connectivity index (χ3n) is 5.93. The standard InChI is InChI=1S/C20H26N8S/c1-25-6-3-15-16(13-25)29-19-17(15)18(21)28(14-24-19)12-9-26-7-10-27(11-8-26)20-22-4-2-5-23-20/h2,4-5,14,21H,3,6-13H2,1H3. The van der Waals surface area contributed by atoms with E-state index in [9.17, 15) is 0 Å². The largest absolute Gasteiger partial charge is 0.338 e. The molecule has 0 aliphatic carbocycles. The molecule has 29 heavy (non-hydrogen) atoms. The molecule has 1 N–H and O–H groups in total. The molecular weight excluding hydrogens is 384 g/mol. The van der Waals surface area contributed by atoms with Crippen LogP contribution in [0.5, 0.6) is 0 Å². The summed E-state index contributed by atoms with van der Waals surface area (Å²) in [6.07, 6.45) is 6.47. The van der Waals surface area contributed by atoms with Crippen molar-refractivity contribution in [2.24, 2.45) is 0 Å². The van der Waals surface area contributed by atoms with E-state index in [0.29, 0.717) is 5.49 Å². The summed E-state index contributed by atoms with van der Waals surface area (Å²) in [4.78, 5) is 22.8. The molecule has 2 aliphatic heterocycles. The Balaban J connectivity index is 1.26. The Morgan fingerprint density at radius 2 is 1.83 bits per heavy atom. The first-order valence-electron chi connectivity index (χ1n) is 10.2. The third kappa shape index (κ3) is 3.65. The fraction of sp³-hybridized carbons (Fsp3) is 0.500. The summed E-state index contributed by atoms with van der Waals surface area (Å²) in [5.74, 6) is 0.817. The second-order valence-corrected chi connectivity index (χ2v) is 8.92. The number of anilines is 1. The van der Waals surface area contributed by atoms with Crippen molar-refractivity contribution in [2.45, 2.75) is 19.5 Å². The lowest BCUT2D eigenvalue weighted by molar-refractivity contribution is 0.245. The normalized spacial score (nSPS) is 18.3. The topological polar surface area (TPSA) is 77.2 Å². The van der Waals surface area contributed by atoms with Gasteiger partial charge in [-0.2, -0.15) is 0 Å². The molecule has 8 nitrogen and oxygen atoms in total. The number of nitrogens with zero attached hydrogens (tertiary/aromatic N) is 7. The monoisotopic (exact) mass is 410 g/mol. The Bertz CT molecular complexity index is 1050. The second-order valence-electron chi connectivity index (χ2n) is 7.84. The van der Waals surface area contributed by atoms with Crippen LogP contribution in [0.1, 0.15) is 10.4 Å². The first kappa shape index (κ1) is 18.7. The Hall–Kier alpha value is -2.36. The number of hydrogen-bond donors (Lipinski definition) is 1. The Morgan fingerprint density at radius 1 is 1.03 bits per heavy atom. The fourth-order valence-corrected chi connectivity index (χ4v) is 5.49. The van der Waals surface area contributed by atoms with Crippen LogP contribution >= 0.6 is 11.3 Å². The van der Waals surface area contributed by atoms with Gasteiger partial charge in [0.15, 0.2) is 0 Å². The van der Waals surface area contributed by atoms with Gasteiger partial charge in [0.25, 0.3) is 0 Å². The van der Waals surface area contributed by atoms with Crippen LogP contribution < -0.4 is 10.4 Å². The zero-order chi connectivity index (χ0) is 19.8. The highest BCUT2D eigenvalue weighted by Gasteiger charge is 2.22. The third-order valence-corrected chi connectivity index (χ3v) is 7.06. The first-order valence-corrected chi connectivity index (χ1v) is 11.0. The van der Waals surface area contributed by atoms with Gasteiger partial charge in [-0.1, -0.05) is 0 Å². The zero-order valence-corrected chi connectivity index (χ0v) is 17.5. The number of rotatable bonds is 4. The van der Waals surface area contributed by atoms with Crippen molar-refractivity contribution in [1.82, 2.24) is 29.3 Å². The molecule has 0 saturated carbocycles. The molecule has 0 bridgehead atoms. The predicted octanol–water partition coefficient (Wildman–Crippen LogP) is 1.18.